The highest BCUT2D eigenvalue weighted by atomic mass is 16.5. The van der Waals surface area contributed by atoms with Crippen LogP contribution in [0.15, 0.2) is 66.9 Å². The second-order valence-corrected chi connectivity index (χ2v) is 6.42. The Morgan fingerprint density at radius 2 is 1.55 bits per heavy atom. The second-order valence-electron chi connectivity index (χ2n) is 6.42. The van der Waals surface area contributed by atoms with Crippen molar-refractivity contribution < 1.29 is 14.3 Å². The third-order valence-corrected chi connectivity index (χ3v) is 4.55. The molecule has 0 atom stereocenters. The van der Waals surface area contributed by atoms with Crippen LogP contribution in [0.1, 0.15) is 21.5 Å². The van der Waals surface area contributed by atoms with Gasteiger partial charge in [-0.1, -0.05) is 36.4 Å². The average Bonchev–Trinajstić information content (AvgIpc) is 2.78. The summed E-state index contributed by atoms with van der Waals surface area (Å²) < 4.78 is 10.7. The molecular weight excluding hydrogens is 366 g/mol. The maximum absolute atomic E-state index is 12.4. The number of hydrogen-bond acceptors (Lipinski definition) is 5. The van der Waals surface area contributed by atoms with Gasteiger partial charge in [0.25, 0.3) is 5.91 Å². The number of pyridine rings is 1. The molecule has 0 aliphatic carbocycles. The lowest BCUT2D eigenvalue weighted by atomic mass is 10.1. The predicted octanol–water partition coefficient (Wildman–Crippen LogP) is 3.68. The van der Waals surface area contributed by atoms with Gasteiger partial charge < -0.3 is 20.1 Å². The molecule has 2 N–H and O–H groups in total. The molecule has 0 fully saturated rings. The monoisotopic (exact) mass is 391 g/mol. The van der Waals surface area contributed by atoms with Crippen LogP contribution in [0.3, 0.4) is 0 Å². The molecular formula is C23H25N3O3. The summed E-state index contributed by atoms with van der Waals surface area (Å²) in [4.78, 5) is 16.7. The fourth-order valence-corrected chi connectivity index (χ4v) is 2.99. The van der Waals surface area contributed by atoms with Crippen molar-refractivity contribution in [3.8, 4) is 11.5 Å². The Morgan fingerprint density at radius 1 is 0.897 bits per heavy atom. The number of para-hydroxylation sites is 2. The van der Waals surface area contributed by atoms with Crippen LogP contribution in [0.4, 0.5) is 5.82 Å². The second kappa shape index (κ2) is 10.1. The highest BCUT2D eigenvalue weighted by Crippen LogP contribution is 2.18. The van der Waals surface area contributed by atoms with E-state index in [2.05, 4.69) is 15.6 Å². The van der Waals surface area contributed by atoms with Gasteiger partial charge in [0.05, 0.1) is 19.8 Å². The van der Waals surface area contributed by atoms with Gasteiger partial charge in [0.2, 0.25) is 0 Å². The number of rotatable bonds is 9. The Hall–Kier alpha value is -3.54. The zero-order valence-corrected chi connectivity index (χ0v) is 16.6. The van der Waals surface area contributed by atoms with E-state index in [4.69, 9.17) is 9.47 Å². The molecule has 1 heterocycles. The number of nitrogens with zero attached hydrogens (tertiary/aromatic N) is 1. The number of aromatic nitrogens is 1. The molecule has 6 nitrogen and oxygen atoms in total. The van der Waals surface area contributed by atoms with Crippen molar-refractivity contribution in [2.24, 2.45) is 0 Å². The normalized spacial score (nSPS) is 10.3. The molecule has 3 aromatic rings. The predicted molar refractivity (Wildman–Crippen MR) is 114 cm³/mol. The number of ether oxygens (including phenoxy) is 2. The fraction of sp³-hybridized carbons (Fsp3) is 0.217. The summed E-state index contributed by atoms with van der Waals surface area (Å²) in [5, 5.41) is 6.16. The Bertz CT molecular complexity index is 942. The quantitative estimate of drug-likeness (QED) is 0.582. The summed E-state index contributed by atoms with van der Waals surface area (Å²) in [6, 6.07) is 19.1. The zero-order chi connectivity index (χ0) is 20.5. The maximum Gasteiger partial charge on any atom is 0.253 e. The number of carbonyl (C=O) groups excluding carboxylic acids is 1. The van der Waals surface area contributed by atoms with E-state index in [-0.39, 0.29) is 5.91 Å². The Labute approximate surface area is 170 Å². The van der Waals surface area contributed by atoms with Crippen LogP contribution in [0.2, 0.25) is 0 Å². The van der Waals surface area contributed by atoms with Crippen molar-refractivity contribution in [1.82, 2.24) is 10.3 Å². The third-order valence-electron chi connectivity index (χ3n) is 4.55. The molecule has 0 radical (unpaired) electrons. The summed E-state index contributed by atoms with van der Waals surface area (Å²) in [6.07, 6.45) is 2.38. The molecule has 6 heteroatoms. The Morgan fingerprint density at radius 3 is 2.21 bits per heavy atom. The van der Waals surface area contributed by atoms with Crippen LogP contribution >= 0.6 is 0 Å². The number of anilines is 1. The molecule has 0 bridgehead atoms. The average molecular weight is 391 g/mol. The molecule has 0 aliphatic rings. The van der Waals surface area contributed by atoms with E-state index < -0.39 is 0 Å². The van der Waals surface area contributed by atoms with Gasteiger partial charge in [-0.2, -0.15) is 0 Å². The van der Waals surface area contributed by atoms with Crippen molar-refractivity contribution in [3.05, 3.63) is 83.6 Å². The topological polar surface area (TPSA) is 72.5 Å². The molecule has 0 saturated heterocycles. The van der Waals surface area contributed by atoms with Crippen molar-refractivity contribution in [2.45, 2.75) is 13.0 Å². The van der Waals surface area contributed by atoms with Crippen LogP contribution < -0.4 is 20.1 Å². The molecule has 29 heavy (non-hydrogen) atoms. The number of amides is 1. The molecule has 0 spiro atoms. The number of benzene rings is 2. The summed E-state index contributed by atoms with van der Waals surface area (Å²) in [5.41, 5.74) is 2.57. The van der Waals surface area contributed by atoms with Gasteiger partial charge >= 0.3 is 0 Å². The summed E-state index contributed by atoms with van der Waals surface area (Å²) >= 11 is 0. The number of nitrogens with one attached hydrogen (secondary N) is 2. The smallest absolute Gasteiger partial charge is 0.253 e. The van der Waals surface area contributed by atoms with Crippen LogP contribution in [0.5, 0.6) is 11.5 Å². The Balaban J connectivity index is 1.51. The van der Waals surface area contributed by atoms with Crippen molar-refractivity contribution in [3.63, 3.8) is 0 Å². The van der Waals surface area contributed by atoms with E-state index in [1.165, 1.54) is 0 Å². The fourth-order valence-electron chi connectivity index (χ4n) is 2.99. The molecule has 0 saturated carbocycles. The first-order valence-electron chi connectivity index (χ1n) is 9.43. The van der Waals surface area contributed by atoms with E-state index in [1.807, 2.05) is 48.5 Å². The van der Waals surface area contributed by atoms with E-state index in [1.54, 1.807) is 32.5 Å². The number of hydrogen-bond donors (Lipinski definition) is 2. The van der Waals surface area contributed by atoms with Crippen LogP contribution in [-0.4, -0.2) is 31.7 Å². The first-order valence-corrected chi connectivity index (χ1v) is 9.43. The van der Waals surface area contributed by atoms with E-state index in [9.17, 15) is 4.79 Å². The number of carbonyl (C=O) groups is 1. The van der Waals surface area contributed by atoms with Crippen molar-refractivity contribution >= 4 is 11.7 Å². The van der Waals surface area contributed by atoms with Gasteiger partial charge in [0.1, 0.15) is 17.3 Å². The third kappa shape index (κ3) is 5.48. The lowest BCUT2D eigenvalue weighted by molar-refractivity contribution is 0.0950. The zero-order valence-electron chi connectivity index (χ0n) is 16.6. The minimum atomic E-state index is -0.177. The minimum Gasteiger partial charge on any atom is -0.496 e. The Kier molecular flexibility index (Phi) is 7.05. The largest absolute Gasteiger partial charge is 0.496 e. The summed E-state index contributed by atoms with van der Waals surface area (Å²) in [7, 11) is 3.29. The van der Waals surface area contributed by atoms with Crippen molar-refractivity contribution in [2.75, 3.05) is 26.1 Å². The highest BCUT2D eigenvalue weighted by molar-refractivity contribution is 5.94. The molecule has 1 aromatic heterocycles. The summed E-state index contributed by atoms with van der Waals surface area (Å²) in [5.74, 6) is 2.18. The van der Waals surface area contributed by atoms with Crippen LogP contribution in [0.25, 0.3) is 0 Å². The van der Waals surface area contributed by atoms with Crippen molar-refractivity contribution in [1.29, 1.82) is 0 Å². The minimum absolute atomic E-state index is 0.177. The lowest BCUT2D eigenvalue weighted by Crippen LogP contribution is -2.23. The molecule has 0 unspecified atom stereocenters. The molecule has 3 rings (SSSR count). The van der Waals surface area contributed by atoms with Gasteiger partial charge in [-0.25, -0.2) is 4.98 Å². The van der Waals surface area contributed by atoms with Gasteiger partial charge in [-0.05, 0) is 36.2 Å². The molecule has 2 aromatic carbocycles. The van der Waals surface area contributed by atoms with Crippen LogP contribution in [0, 0.1) is 0 Å². The molecule has 0 aliphatic heterocycles. The molecule has 1 amide bonds. The summed E-state index contributed by atoms with van der Waals surface area (Å²) in [6.45, 7) is 1.11. The maximum atomic E-state index is 12.4. The van der Waals surface area contributed by atoms with Gasteiger partial charge in [0, 0.05) is 24.8 Å². The first-order chi connectivity index (χ1) is 14.2. The lowest BCUT2D eigenvalue weighted by Gasteiger charge is -2.11. The van der Waals surface area contributed by atoms with Gasteiger partial charge in [-0.3, -0.25) is 4.79 Å². The SMILES string of the molecule is COc1ccccc1CCNc1ccc(C(=O)NCc2ccccc2OC)cn1. The van der Waals surface area contributed by atoms with E-state index in [0.717, 1.165) is 34.9 Å². The van der Waals surface area contributed by atoms with Crippen LogP contribution in [-0.2, 0) is 13.0 Å². The van der Waals surface area contributed by atoms with E-state index >= 15 is 0 Å². The van der Waals surface area contributed by atoms with Gasteiger partial charge in [0.15, 0.2) is 0 Å². The van der Waals surface area contributed by atoms with Gasteiger partial charge in [-0.15, -0.1) is 0 Å². The highest BCUT2D eigenvalue weighted by Gasteiger charge is 2.08. The first kappa shape index (κ1) is 20.2. The molecule has 150 valence electrons. The number of methoxy groups -OCH3 is 2. The van der Waals surface area contributed by atoms with E-state index in [0.29, 0.717) is 18.7 Å². The standard InChI is InChI=1S/C23H25N3O3/c1-28-20-9-5-3-7-17(20)13-14-24-22-12-11-19(16-25-22)23(27)26-15-18-8-4-6-10-21(18)29-2/h3-12,16H,13-15H2,1-2H3,(H,24,25)(H,26,27).